The molecule has 2 fully saturated rings. The van der Waals surface area contributed by atoms with E-state index >= 15 is 0 Å². The van der Waals surface area contributed by atoms with Gasteiger partial charge in [0.15, 0.2) is 0 Å². The molecule has 2 atom stereocenters. The second kappa shape index (κ2) is 6.16. The van der Waals surface area contributed by atoms with E-state index in [9.17, 15) is 20.0 Å². The summed E-state index contributed by atoms with van der Waals surface area (Å²) < 4.78 is 0. The van der Waals surface area contributed by atoms with Crippen molar-refractivity contribution in [2.75, 3.05) is 19.6 Å². The number of fused-ring (bicyclic) bond motifs is 2. The third-order valence-corrected chi connectivity index (χ3v) is 4.97. The number of likely N-dealkylation sites (tertiary alicyclic amines) is 1. The van der Waals surface area contributed by atoms with Gasteiger partial charge in [0.25, 0.3) is 11.6 Å². The van der Waals surface area contributed by atoms with Gasteiger partial charge in [-0.3, -0.25) is 14.9 Å². The Labute approximate surface area is 134 Å². The Balaban J connectivity index is 1.87. The predicted octanol–water partition coefficient (Wildman–Crippen LogP) is 2.00. The van der Waals surface area contributed by atoms with E-state index in [4.69, 9.17) is 0 Å². The third kappa shape index (κ3) is 2.88. The lowest BCUT2D eigenvalue weighted by Gasteiger charge is -2.29. The number of nitro benzene ring substituents is 1. The number of amides is 1. The first-order valence-corrected chi connectivity index (χ1v) is 8.03. The molecule has 2 saturated heterocycles. The maximum absolute atomic E-state index is 12.9. The average molecular weight is 319 g/mol. The van der Waals surface area contributed by atoms with Gasteiger partial charge in [-0.1, -0.05) is 6.92 Å². The number of phenols is 1. The summed E-state index contributed by atoms with van der Waals surface area (Å²) in [7, 11) is 0. The lowest BCUT2D eigenvalue weighted by Crippen LogP contribution is -2.43. The lowest BCUT2D eigenvalue weighted by molar-refractivity contribution is -0.384. The number of carbonyl (C=O) groups excluding carboxylic acids is 1. The Morgan fingerprint density at radius 3 is 2.74 bits per heavy atom. The van der Waals surface area contributed by atoms with Gasteiger partial charge in [-0.2, -0.15) is 0 Å². The Morgan fingerprint density at radius 1 is 1.35 bits per heavy atom. The SMILES string of the molecule is CCN1CCC2CCC(C1)N2C(=O)c1ccc([N+](=O)[O-])cc1O. The first-order chi connectivity index (χ1) is 11.0. The molecule has 7 nitrogen and oxygen atoms in total. The molecule has 0 aliphatic carbocycles. The summed E-state index contributed by atoms with van der Waals surface area (Å²) in [4.78, 5) is 27.3. The first-order valence-electron chi connectivity index (χ1n) is 8.03. The predicted molar refractivity (Wildman–Crippen MR) is 84.5 cm³/mol. The maximum atomic E-state index is 12.9. The molecule has 0 aromatic heterocycles. The molecule has 2 bridgehead atoms. The van der Waals surface area contributed by atoms with Crippen molar-refractivity contribution >= 4 is 11.6 Å². The summed E-state index contributed by atoms with van der Waals surface area (Å²) >= 11 is 0. The molecule has 1 aromatic carbocycles. The third-order valence-electron chi connectivity index (χ3n) is 4.97. The number of phenolic OH excluding ortho intramolecular Hbond substituents is 1. The van der Waals surface area contributed by atoms with Crippen molar-refractivity contribution in [2.24, 2.45) is 0 Å². The van der Waals surface area contributed by atoms with Crippen LogP contribution in [0.2, 0.25) is 0 Å². The van der Waals surface area contributed by atoms with Crippen LogP contribution in [0.15, 0.2) is 18.2 Å². The van der Waals surface area contributed by atoms with E-state index in [2.05, 4.69) is 11.8 Å². The van der Waals surface area contributed by atoms with Crippen molar-refractivity contribution in [2.45, 2.75) is 38.3 Å². The first kappa shape index (κ1) is 15.7. The summed E-state index contributed by atoms with van der Waals surface area (Å²) in [5, 5.41) is 20.8. The second-order valence-electron chi connectivity index (χ2n) is 6.24. The molecular formula is C16H21N3O4. The summed E-state index contributed by atoms with van der Waals surface area (Å²) in [5.74, 6) is -0.539. The van der Waals surface area contributed by atoms with Crippen LogP contribution >= 0.6 is 0 Å². The minimum absolute atomic E-state index is 0.150. The van der Waals surface area contributed by atoms with Gasteiger partial charge in [0.05, 0.1) is 16.6 Å². The molecule has 23 heavy (non-hydrogen) atoms. The molecule has 1 amide bonds. The quantitative estimate of drug-likeness (QED) is 0.680. The molecule has 7 heteroatoms. The average Bonchev–Trinajstić information content (AvgIpc) is 2.81. The van der Waals surface area contributed by atoms with Crippen molar-refractivity contribution < 1.29 is 14.8 Å². The molecular weight excluding hydrogens is 298 g/mol. The summed E-state index contributed by atoms with van der Waals surface area (Å²) in [5.41, 5.74) is -0.0625. The van der Waals surface area contributed by atoms with Gasteiger partial charge in [-0.25, -0.2) is 0 Å². The van der Waals surface area contributed by atoms with Crippen molar-refractivity contribution in [1.29, 1.82) is 0 Å². The van der Waals surface area contributed by atoms with E-state index in [0.29, 0.717) is 0 Å². The van der Waals surface area contributed by atoms with Crippen molar-refractivity contribution in [1.82, 2.24) is 9.80 Å². The van der Waals surface area contributed by atoms with Crippen LogP contribution in [0.4, 0.5) is 5.69 Å². The number of nitrogens with zero attached hydrogens (tertiary/aromatic N) is 3. The zero-order valence-corrected chi connectivity index (χ0v) is 13.1. The second-order valence-corrected chi connectivity index (χ2v) is 6.24. The molecule has 2 unspecified atom stereocenters. The number of rotatable bonds is 3. The largest absolute Gasteiger partial charge is 0.507 e. The van der Waals surface area contributed by atoms with Crippen LogP contribution in [-0.4, -0.2) is 57.5 Å². The van der Waals surface area contributed by atoms with Crippen molar-refractivity contribution in [3.63, 3.8) is 0 Å². The smallest absolute Gasteiger partial charge is 0.273 e. The molecule has 1 N–H and O–H groups in total. The molecule has 0 radical (unpaired) electrons. The molecule has 2 aliphatic rings. The fourth-order valence-electron chi connectivity index (χ4n) is 3.72. The normalized spacial score (nSPS) is 24.5. The maximum Gasteiger partial charge on any atom is 0.273 e. The zero-order chi connectivity index (χ0) is 16.6. The highest BCUT2D eigenvalue weighted by Gasteiger charge is 2.40. The van der Waals surface area contributed by atoms with Crippen LogP contribution in [0.1, 0.15) is 36.5 Å². The van der Waals surface area contributed by atoms with Gasteiger partial charge in [0, 0.05) is 31.2 Å². The number of benzene rings is 1. The molecule has 2 aliphatic heterocycles. The Hall–Kier alpha value is -2.15. The summed E-state index contributed by atoms with van der Waals surface area (Å²) in [6, 6.07) is 4.02. The number of nitro groups is 1. The summed E-state index contributed by atoms with van der Waals surface area (Å²) in [6.45, 7) is 4.92. The highest BCUT2D eigenvalue weighted by Crippen LogP contribution is 2.34. The zero-order valence-electron chi connectivity index (χ0n) is 13.1. The lowest BCUT2D eigenvalue weighted by atomic mass is 10.1. The number of non-ortho nitro benzene ring substituents is 1. The van der Waals surface area contributed by atoms with Crippen LogP contribution in [0.5, 0.6) is 5.75 Å². The van der Waals surface area contributed by atoms with E-state index in [1.807, 2.05) is 4.90 Å². The molecule has 1 aromatic rings. The Morgan fingerprint density at radius 2 is 2.09 bits per heavy atom. The highest BCUT2D eigenvalue weighted by molar-refractivity contribution is 5.97. The van der Waals surface area contributed by atoms with Gasteiger partial charge in [-0.15, -0.1) is 0 Å². The monoisotopic (exact) mass is 319 g/mol. The number of aromatic hydroxyl groups is 1. The van der Waals surface area contributed by atoms with Crippen LogP contribution < -0.4 is 0 Å². The number of hydrogen-bond donors (Lipinski definition) is 1. The Kier molecular flexibility index (Phi) is 4.21. The van der Waals surface area contributed by atoms with E-state index in [1.165, 1.54) is 12.1 Å². The van der Waals surface area contributed by atoms with Gasteiger partial charge < -0.3 is 14.9 Å². The van der Waals surface area contributed by atoms with E-state index in [-0.39, 0.29) is 35.0 Å². The van der Waals surface area contributed by atoms with E-state index in [0.717, 1.165) is 45.0 Å². The van der Waals surface area contributed by atoms with Crippen molar-refractivity contribution in [3.8, 4) is 5.75 Å². The minimum atomic E-state index is -0.581. The van der Waals surface area contributed by atoms with Gasteiger partial charge in [0.2, 0.25) is 0 Å². The van der Waals surface area contributed by atoms with Gasteiger partial charge in [-0.05, 0) is 31.9 Å². The highest BCUT2D eigenvalue weighted by atomic mass is 16.6. The topological polar surface area (TPSA) is 86.9 Å². The molecule has 0 saturated carbocycles. The van der Waals surface area contributed by atoms with Crippen molar-refractivity contribution in [3.05, 3.63) is 33.9 Å². The summed E-state index contributed by atoms with van der Waals surface area (Å²) in [6.07, 6.45) is 2.90. The number of likely N-dealkylation sites (N-methyl/N-ethyl adjacent to an activating group) is 1. The standard InChI is InChI=1S/C16H21N3O4/c1-2-17-8-7-11-3-4-13(10-17)18(11)16(21)14-6-5-12(19(22)23)9-15(14)20/h5-6,9,11,13,20H,2-4,7-8,10H2,1H3. The van der Waals surface area contributed by atoms with Crippen LogP contribution in [0.3, 0.4) is 0 Å². The fraction of sp³-hybridized carbons (Fsp3) is 0.562. The van der Waals surface area contributed by atoms with Crippen LogP contribution in [0.25, 0.3) is 0 Å². The fourth-order valence-corrected chi connectivity index (χ4v) is 3.72. The number of hydrogen-bond acceptors (Lipinski definition) is 5. The van der Waals surface area contributed by atoms with Crippen LogP contribution in [-0.2, 0) is 0 Å². The van der Waals surface area contributed by atoms with E-state index in [1.54, 1.807) is 0 Å². The number of carbonyl (C=O) groups is 1. The molecule has 2 heterocycles. The van der Waals surface area contributed by atoms with E-state index < -0.39 is 4.92 Å². The molecule has 3 rings (SSSR count). The Bertz CT molecular complexity index is 634. The van der Waals surface area contributed by atoms with Crippen LogP contribution in [0, 0.1) is 10.1 Å². The van der Waals surface area contributed by atoms with Gasteiger partial charge in [0.1, 0.15) is 5.75 Å². The minimum Gasteiger partial charge on any atom is -0.507 e. The van der Waals surface area contributed by atoms with Gasteiger partial charge >= 0.3 is 0 Å². The molecule has 124 valence electrons. The molecule has 0 spiro atoms.